The van der Waals surface area contributed by atoms with Crippen LogP contribution in [0.1, 0.15) is 10.5 Å². The summed E-state index contributed by atoms with van der Waals surface area (Å²) in [7, 11) is 0. The lowest BCUT2D eigenvalue weighted by molar-refractivity contribution is 0.0693. The van der Waals surface area contributed by atoms with E-state index in [0.717, 1.165) is 0 Å². The highest BCUT2D eigenvalue weighted by atomic mass is 35.5. The highest BCUT2D eigenvalue weighted by molar-refractivity contribution is 6.32. The van der Waals surface area contributed by atoms with Crippen LogP contribution >= 0.6 is 23.2 Å². The summed E-state index contributed by atoms with van der Waals surface area (Å²) < 4.78 is 0. The van der Waals surface area contributed by atoms with Crippen LogP contribution in [0.2, 0.25) is 10.2 Å². The fourth-order valence-electron chi connectivity index (χ4n) is 1.35. The first kappa shape index (κ1) is 10.2. The molecular weight excluding hydrogens is 237 g/mol. The molecule has 76 valence electrons. The van der Waals surface area contributed by atoms with Gasteiger partial charge in [-0.1, -0.05) is 29.3 Å². The molecule has 1 aromatic carbocycles. The van der Waals surface area contributed by atoms with Crippen LogP contribution in [0.5, 0.6) is 0 Å². The number of aromatic carboxylic acids is 1. The van der Waals surface area contributed by atoms with Crippen LogP contribution in [0, 0.1) is 0 Å². The van der Waals surface area contributed by atoms with Gasteiger partial charge in [0.1, 0.15) is 5.15 Å². The first-order chi connectivity index (χ1) is 7.08. The van der Waals surface area contributed by atoms with Gasteiger partial charge >= 0.3 is 5.97 Å². The SMILES string of the molecule is O=C(O)c1nc(Cl)cc2ccc(Cl)cc12. The van der Waals surface area contributed by atoms with Crippen molar-refractivity contribution in [2.75, 3.05) is 0 Å². The smallest absolute Gasteiger partial charge is 0.355 e. The molecule has 0 saturated carbocycles. The van der Waals surface area contributed by atoms with E-state index in [9.17, 15) is 4.79 Å². The van der Waals surface area contributed by atoms with Gasteiger partial charge in [0.15, 0.2) is 5.69 Å². The zero-order valence-electron chi connectivity index (χ0n) is 7.37. The van der Waals surface area contributed by atoms with Gasteiger partial charge in [-0.2, -0.15) is 0 Å². The second-order valence-electron chi connectivity index (χ2n) is 2.96. The van der Waals surface area contributed by atoms with Crippen LogP contribution in [0.25, 0.3) is 10.8 Å². The van der Waals surface area contributed by atoms with Gasteiger partial charge in [-0.3, -0.25) is 0 Å². The maximum absolute atomic E-state index is 10.9. The van der Waals surface area contributed by atoms with Crippen molar-refractivity contribution >= 4 is 39.9 Å². The van der Waals surface area contributed by atoms with Crippen LogP contribution < -0.4 is 0 Å². The predicted octanol–water partition coefficient (Wildman–Crippen LogP) is 3.24. The molecule has 1 aromatic heterocycles. The zero-order valence-corrected chi connectivity index (χ0v) is 8.88. The molecule has 0 aliphatic rings. The monoisotopic (exact) mass is 241 g/mol. The molecule has 1 N–H and O–H groups in total. The molecule has 3 nitrogen and oxygen atoms in total. The quantitative estimate of drug-likeness (QED) is 0.781. The maximum atomic E-state index is 10.9. The van der Waals surface area contributed by atoms with Gasteiger partial charge in [-0.15, -0.1) is 0 Å². The first-order valence-electron chi connectivity index (χ1n) is 4.07. The van der Waals surface area contributed by atoms with Gasteiger partial charge in [0, 0.05) is 10.4 Å². The summed E-state index contributed by atoms with van der Waals surface area (Å²) in [4.78, 5) is 14.7. The van der Waals surface area contributed by atoms with Crippen molar-refractivity contribution in [1.82, 2.24) is 4.98 Å². The Bertz CT molecular complexity index is 554. The van der Waals surface area contributed by atoms with E-state index in [1.54, 1.807) is 24.3 Å². The van der Waals surface area contributed by atoms with Crippen molar-refractivity contribution in [2.24, 2.45) is 0 Å². The Morgan fingerprint density at radius 2 is 2.00 bits per heavy atom. The van der Waals surface area contributed by atoms with E-state index in [1.807, 2.05) is 0 Å². The van der Waals surface area contributed by atoms with E-state index < -0.39 is 5.97 Å². The number of nitrogens with zero attached hydrogens (tertiary/aromatic N) is 1. The van der Waals surface area contributed by atoms with Gasteiger partial charge in [-0.25, -0.2) is 9.78 Å². The standard InChI is InChI=1S/C10H5Cl2NO2/c11-6-2-1-5-3-8(12)13-9(10(14)15)7(5)4-6/h1-4H,(H,14,15). The Kier molecular flexibility index (Phi) is 2.50. The number of fused-ring (bicyclic) bond motifs is 1. The number of carbonyl (C=O) groups is 1. The molecule has 0 atom stereocenters. The normalized spacial score (nSPS) is 10.5. The number of carboxylic acid groups (broad SMARTS) is 1. The van der Waals surface area contributed by atoms with Crippen LogP contribution in [-0.4, -0.2) is 16.1 Å². The first-order valence-corrected chi connectivity index (χ1v) is 4.82. The van der Waals surface area contributed by atoms with Crippen LogP contribution in [0.4, 0.5) is 0 Å². The molecule has 0 spiro atoms. The molecule has 2 rings (SSSR count). The third-order valence-corrected chi connectivity index (χ3v) is 2.39. The van der Waals surface area contributed by atoms with E-state index in [0.29, 0.717) is 15.8 Å². The van der Waals surface area contributed by atoms with Crippen molar-refractivity contribution in [2.45, 2.75) is 0 Å². The van der Waals surface area contributed by atoms with Crippen LogP contribution in [0.3, 0.4) is 0 Å². The van der Waals surface area contributed by atoms with Crippen LogP contribution in [0.15, 0.2) is 24.3 Å². The van der Waals surface area contributed by atoms with Crippen LogP contribution in [-0.2, 0) is 0 Å². The average Bonchev–Trinajstić information content (AvgIpc) is 2.17. The Labute approximate surface area is 95.3 Å². The number of carboxylic acids is 1. The minimum absolute atomic E-state index is 0.0833. The Hall–Kier alpha value is -1.32. The molecule has 2 aromatic rings. The molecule has 1 heterocycles. The summed E-state index contributed by atoms with van der Waals surface area (Å²) in [6, 6.07) is 6.53. The number of benzene rings is 1. The van der Waals surface area contributed by atoms with Gasteiger partial charge in [-0.05, 0) is 23.6 Å². The third kappa shape index (κ3) is 1.89. The lowest BCUT2D eigenvalue weighted by atomic mass is 10.1. The number of hydrogen-bond donors (Lipinski definition) is 1. The summed E-state index contributed by atoms with van der Waals surface area (Å²) in [5.41, 5.74) is -0.0833. The minimum Gasteiger partial charge on any atom is -0.476 e. The number of hydrogen-bond acceptors (Lipinski definition) is 2. The highest BCUT2D eigenvalue weighted by Crippen LogP contribution is 2.24. The molecular formula is C10H5Cl2NO2. The van der Waals surface area contributed by atoms with E-state index in [4.69, 9.17) is 28.3 Å². The average molecular weight is 242 g/mol. The summed E-state index contributed by atoms with van der Waals surface area (Å²) in [6.07, 6.45) is 0. The second kappa shape index (κ2) is 3.68. The summed E-state index contributed by atoms with van der Waals surface area (Å²) in [6.45, 7) is 0. The second-order valence-corrected chi connectivity index (χ2v) is 3.79. The topological polar surface area (TPSA) is 50.2 Å². The number of halogens is 2. The van der Waals surface area contributed by atoms with Gasteiger partial charge in [0.25, 0.3) is 0 Å². The van der Waals surface area contributed by atoms with Crippen molar-refractivity contribution in [3.8, 4) is 0 Å². The molecule has 0 saturated heterocycles. The largest absolute Gasteiger partial charge is 0.476 e. The molecule has 0 aliphatic heterocycles. The minimum atomic E-state index is -1.12. The number of pyridine rings is 1. The molecule has 5 heteroatoms. The molecule has 0 fully saturated rings. The van der Waals surface area contributed by atoms with Gasteiger partial charge in [0.2, 0.25) is 0 Å². The molecule has 0 radical (unpaired) electrons. The van der Waals surface area contributed by atoms with Gasteiger partial charge < -0.3 is 5.11 Å². The molecule has 0 bridgehead atoms. The predicted molar refractivity (Wildman–Crippen MR) is 58.7 cm³/mol. The number of rotatable bonds is 1. The van der Waals surface area contributed by atoms with Gasteiger partial charge in [0.05, 0.1) is 0 Å². The Balaban J connectivity index is 2.87. The lowest BCUT2D eigenvalue weighted by Crippen LogP contribution is -2.01. The van der Waals surface area contributed by atoms with E-state index in [2.05, 4.69) is 4.98 Å². The fourth-order valence-corrected chi connectivity index (χ4v) is 1.72. The summed E-state index contributed by atoms with van der Waals surface area (Å²) in [5, 5.41) is 10.7. The fraction of sp³-hybridized carbons (Fsp3) is 0. The van der Waals surface area contributed by atoms with Crippen molar-refractivity contribution in [3.05, 3.63) is 40.1 Å². The Morgan fingerprint density at radius 1 is 1.27 bits per heavy atom. The molecule has 0 amide bonds. The van der Waals surface area contributed by atoms with E-state index >= 15 is 0 Å². The van der Waals surface area contributed by atoms with E-state index in [1.165, 1.54) is 0 Å². The molecule has 15 heavy (non-hydrogen) atoms. The third-order valence-electron chi connectivity index (χ3n) is 1.97. The summed E-state index contributed by atoms with van der Waals surface area (Å²) in [5.74, 6) is -1.12. The van der Waals surface area contributed by atoms with E-state index in [-0.39, 0.29) is 10.8 Å². The summed E-state index contributed by atoms with van der Waals surface area (Å²) >= 11 is 11.5. The Morgan fingerprint density at radius 3 is 2.67 bits per heavy atom. The zero-order chi connectivity index (χ0) is 11.0. The maximum Gasteiger partial charge on any atom is 0.355 e. The molecule has 0 aliphatic carbocycles. The van der Waals surface area contributed by atoms with Crippen molar-refractivity contribution in [1.29, 1.82) is 0 Å². The number of aromatic nitrogens is 1. The molecule has 0 unspecified atom stereocenters. The van der Waals surface area contributed by atoms with Crippen molar-refractivity contribution < 1.29 is 9.90 Å². The lowest BCUT2D eigenvalue weighted by Gasteiger charge is -2.03. The highest BCUT2D eigenvalue weighted by Gasteiger charge is 2.11. The van der Waals surface area contributed by atoms with Crippen molar-refractivity contribution in [3.63, 3.8) is 0 Å².